The van der Waals surface area contributed by atoms with Crippen molar-refractivity contribution in [2.45, 2.75) is 26.4 Å². The molecule has 1 amide bonds. The fourth-order valence-electron chi connectivity index (χ4n) is 3.11. The van der Waals surface area contributed by atoms with Gasteiger partial charge in [-0.3, -0.25) is 9.48 Å². The molecule has 0 aliphatic rings. The number of carbonyl (C=O) groups is 1. The average Bonchev–Trinajstić information content (AvgIpc) is 3.23. The number of fused-ring (bicyclic) bond motifs is 3. The van der Waals surface area contributed by atoms with Crippen LogP contribution >= 0.6 is 0 Å². The Kier molecular flexibility index (Phi) is 3.72. The molecule has 2 heterocycles. The second kappa shape index (κ2) is 6.05. The number of carbonyl (C=O) groups excluding carboxylic acids is 1. The van der Waals surface area contributed by atoms with Gasteiger partial charge in [0.05, 0.1) is 6.54 Å². The Morgan fingerprint density at radius 1 is 1.24 bits per heavy atom. The van der Waals surface area contributed by atoms with Gasteiger partial charge in [0.15, 0.2) is 5.76 Å². The van der Waals surface area contributed by atoms with Crippen molar-refractivity contribution in [1.82, 2.24) is 20.1 Å². The standard InChI is InChI=1S/C19H18N4O2/c1-12(9-23-11-20-10-21-23)22-19(24)17-13(2)15-8-7-14-5-3-4-6-16(14)18(15)25-17/h3-8,10-12H,9H2,1-2H3,(H,22,24). The van der Waals surface area contributed by atoms with E-state index in [1.165, 1.54) is 6.33 Å². The summed E-state index contributed by atoms with van der Waals surface area (Å²) in [4.78, 5) is 16.6. The molecule has 4 rings (SSSR count). The Morgan fingerprint density at radius 3 is 2.88 bits per heavy atom. The molecule has 1 N–H and O–H groups in total. The van der Waals surface area contributed by atoms with Gasteiger partial charge in [-0.15, -0.1) is 0 Å². The molecular formula is C19H18N4O2. The maximum absolute atomic E-state index is 12.7. The minimum absolute atomic E-state index is 0.0986. The van der Waals surface area contributed by atoms with Crippen molar-refractivity contribution in [2.24, 2.45) is 0 Å². The van der Waals surface area contributed by atoms with Crippen molar-refractivity contribution < 1.29 is 9.21 Å². The van der Waals surface area contributed by atoms with Crippen molar-refractivity contribution in [3.63, 3.8) is 0 Å². The molecule has 1 unspecified atom stereocenters. The summed E-state index contributed by atoms with van der Waals surface area (Å²) in [6.45, 7) is 4.39. The van der Waals surface area contributed by atoms with Crippen LogP contribution in [0.3, 0.4) is 0 Å². The van der Waals surface area contributed by atoms with Crippen LogP contribution in [0.15, 0.2) is 53.5 Å². The van der Waals surface area contributed by atoms with Crippen LogP contribution in [-0.2, 0) is 6.54 Å². The van der Waals surface area contributed by atoms with Crippen LogP contribution in [0, 0.1) is 6.92 Å². The molecule has 0 spiro atoms. The lowest BCUT2D eigenvalue weighted by Gasteiger charge is -2.12. The van der Waals surface area contributed by atoms with Crippen LogP contribution < -0.4 is 5.32 Å². The van der Waals surface area contributed by atoms with Gasteiger partial charge in [0, 0.05) is 22.4 Å². The quantitative estimate of drug-likeness (QED) is 0.621. The lowest BCUT2D eigenvalue weighted by atomic mass is 10.1. The predicted molar refractivity (Wildman–Crippen MR) is 95.4 cm³/mol. The topological polar surface area (TPSA) is 73.0 Å². The van der Waals surface area contributed by atoms with Crippen molar-refractivity contribution in [1.29, 1.82) is 0 Å². The minimum atomic E-state index is -0.217. The first-order valence-corrected chi connectivity index (χ1v) is 8.17. The summed E-state index contributed by atoms with van der Waals surface area (Å²) in [6.07, 6.45) is 3.10. The third-order valence-corrected chi connectivity index (χ3v) is 4.34. The van der Waals surface area contributed by atoms with Crippen LogP contribution in [0.25, 0.3) is 21.7 Å². The Labute approximate surface area is 144 Å². The maximum Gasteiger partial charge on any atom is 0.287 e. The second-order valence-electron chi connectivity index (χ2n) is 6.21. The lowest BCUT2D eigenvalue weighted by molar-refractivity contribution is 0.0909. The number of nitrogens with one attached hydrogen (secondary N) is 1. The summed E-state index contributed by atoms with van der Waals surface area (Å²) in [6, 6.07) is 12.0. The Balaban J connectivity index is 1.65. The molecule has 0 bridgehead atoms. The molecule has 2 aromatic heterocycles. The molecule has 0 saturated carbocycles. The number of hydrogen-bond donors (Lipinski definition) is 1. The first kappa shape index (κ1) is 15.4. The largest absolute Gasteiger partial charge is 0.450 e. The van der Waals surface area contributed by atoms with Gasteiger partial charge in [-0.2, -0.15) is 5.10 Å². The lowest BCUT2D eigenvalue weighted by Crippen LogP contribution is -2.35. The van der Waals surface area contributed by atoms with Gasteiger partial charge in [0.25, 0.3) is 5.91 Å². The van der Waals surface area contributed by atoms with E-state index in [1.54, 1.807) is 11.0 Å². The number of nitrogens with zero attached hydrogens (tertiary/aromatic N) is 3. The summed E-state index contributed by atoms with van der Waals surface area (Å²) < 4.78 is 7.65. The van der Waals surface area contributed by atoms with E-state index in [0.717, 1.165) is 27.3 Å². The smallest absolute Gasteiger partial charge is 0.287 e. The van der Waals surface area contributed by atoms with Crippen LogP contribution in [-0.4, -0.2) is 26.7 Å². The van der Waals surface area contributed by atoms with Crippen LogP contribution in [0.4, 0.5) is 0 Å². The fraction of sp³-hybridized carbons (Fsp3) is 0.211. The highest BCUT2D eigenvalue weighted by Crippen LogP contribution is 2.31. The molecule has 0 fully saturated rings. The van der Waals surface area contributed by atoms with Crippen molar-refractivity contribution in [2.75, 3.05) is 0 Å². The number of hydrogen-bond acceptors (Lipinski definition) is 4. The molecule has 25 heavy (non-hydrogen) atoms. The minimum Gasteiger partial charge on any atom is -0.450 e. The number of benzene rings is 2. The molecular weight excluding hydrogens is 316 g/mol. The molecule has 2 aromatic carbocycles. The molecule has 0 radical (unpaired) electrons. The first-order valence-electron chi connectivity index (χ1n) is 8.17. The number of aryl methyl sites for hydroxylation is 1. The van der Waals surface area contributed by atoms with Gasteiger partial charge in [0.2, 0.25) is 0 Å². The van der Waals surface area contributed by atoms with Gasteiger partial charge in [-0.25, -0.2) is 4.98 Å². The molecule has 126 valence electrons. The number of rotatable bonds is 4. The van der Waals surface area contributed by atoms with Gasteiger partial charge in [0.1, 0.15) is 18.2 Å². The Bertz CT molecular complexity index is 1050. The Morgan fingerprint density at radius 2 is 2.08 bits per heavy atom. The van der Waals surface area contributed by atoms with Crippen LogP contribution in [0.1, 0.15) is 23.0 Å². The Hall–Kier alpha value is -3.15. The highest BCUT2D eigenvalue weighted by molar-refractivity contribution is 6.08. The zero-order chi connectivity index (χ0) is 17.4. The maximum atomic E-state index is 12.7. The van der Waals surface area contributed by atoms with Crippen LogP contribution in [0.5, 0.6) is 0 Å². The SMILES string of the molecule is Cc1c(C(=O)NC(C)Cn2cncn2)oc2c1ccc1ccccc12. The summed E-state index contributed by atoms with van der Waals surface area (Å²) in [5.41, 5.74) is 1.61. The normalized spacial score (nSPS) is 12.6. The monoisotopic (exact) mass is 334 g/mol. The molecule has 6 heteroatoms. The summed E-state index contributed by atoms with van der Waals surface area (Å²) in [5, 5.41) is 10.1. The summed E-state index contributed by atoms with van der Waals surface area (Å²) in [7, 11) is 0. The third kappa shape index (κ3) is 2.76. The molecule has 6 nitrogen and oxygen atoms in total. The van der Waals surface area contributed by atoms with Crippen molar-refractivity contribution in [3.8, 4) is 0 Å². The summed E-state index contributed by atoms with van der Waals surface area (Å²) >= 11 is 0. The van der Waals surface area contributed by atoms with E-state index < -0.39 is 0 Å². The van der Waals surface area contributed by atoms with Crippen LogP contribution in [0.2, 0.25) is 0 Å². The van der Waals surface area contributed by atoms with Crippen molar-refractivity contribution >= 4 is 27.6 Å². The zero-order valence-electron chi connectivity index (χ0n) is 14.1. The van der Waals surface area contributed by atoms with Gasteiger partial charge in [-0.1, -0.05) is 36.4 Å². The van der Waals surface area contributed by atoms with E-state index >= 15 is 0 Å². The van der Waals surface area contributed by atoms with E-state index in [0.29, 0.717) is 12.3 Å². The molecule has 4 aromatic rings. The predicted octanol–water partition coefficient (Wildman–Crippen LogP) is 3.30. The summed E-state index contributed by atoms with van der Waals surface area (Å²) in [5.74, 6) is 0.141. The molecule has 0 saturated heterocycles. The third-order valence-electron chi connectivity index (χ3n) is 4.34. The molecule has 0 aliphatic carbocycles. The van der Waals surface area contributed by atoms with Crippen molar-refractivity contribution in [3.05, 3.63) is 60.4 Å². The van der Waals surface area contributed by atoms with E-state index in [4.69, 9.17) is 4.42 Å². The molecule has 0 aliphatic heterocycles. The first-order chi connectivity index (χ1) is 12.1. The second-order valence-corrected chi connectivity index (χ2v) is 6.21. The van der Waals surface area contributed by atoms with Gasteiger partial charge in [-0.05, 0) is 19.2 Å². The number of amides is 1. The fourth-order valence-corrected chi connectivity index (χ4v) is 3.11. The van der Waals surface area contributed by atoms with E-state index in [1.807, 2.05) is 44.2 Å². The molecule has 1 atom stereocenters. The number of furan rings is 1. The highest BCUT2D eigenvalue weighted by atomic mass is 16.3. The zero-order valence-corrected chi connectivity index (χ0v) is 14.1. The van der Waals surface area contributed by atoms with E-state index in [2.05, 4.69) is 21.5 Å². The van der Waals surface area contributed by atoms with Gasteiger partial charge >= 0.3 is 0 Å². The van der Waals surface area contributed by atoms with E-state index in [-0.39, 0.29) is 11.9 Å². The highest BCUT2D eigenvalue weighted by Gasteiger charge is 2.20. The number of aromatic nitrogens is 3. The van der Waals surface area contributed by atoms with Gasteiger partial charge < -0.3 is 9.73 Å². The van der Waals surface area contributed by atoms with E-state index in [9.17, 15) is 4.79 Å². The average molecular weight is 334 g/mol.